The normalized spacial score (nSPS) is 14.5. The average Bonchev–Trinajstić information content (AvgIpc) is 3.11. The van der Waals surface area contributed by atoms with E-state index in [2.05, 4.69) is 15.3 Å². The number of benzene rings is 1. The van der Waals surface area contributed by atoms with Gasteiger partial charge in [-0.25, -0.2) is 9.50 Å². The molecule has 0 saturated carbocycles. The molecule has 6 nitrogen and oxygen atoms in total. The maximum absolute atomic E-state index is 12.6. The van der Waals surface area contributed by atoms with Gasteiger partial charge in [0.15, 0.2) is 11.5 Å². The number of amides is 1. The Morgan fingerprint density at radius 1 is 1.19 bits per heavy atom. The number of fused-ring (bicyclic) bond motifs is 1. The zero-order valence-electron chi connectivity index (χ0n) is 15.6. The van der Waals surface area contributed by atoms with Crippen LogP contribution < -0.4 is 10.2 Å². The minimum atomic E-state index is -0.169. The van der Waals surface area contributed by atoms with Crippen molar-refractivity contribution in [3.63, 3.8) is 0 Å². The van der Waals surface area contributed by atoms with Crippen molar-refractivity contribution in [2.75, 3.05) is 29.5 Å². The maximum Gasteiger partial charge on any atom is 0.272 e. The highest BCUT2D eigenvalue weighted by Crippen LogP contribution is 2.24. The Morgan fingerprint density at radius 3 is 2.67 bits per heavy atom. The van der Waals surface area contributed by atoms with E-state index in [1.165, 1.54) is 5.56 Å². The Balaban J connectivity index is 1.56. The Labute approximate surface area is 163 Å². The standard InChI is InChI=1S/C20H23N5OS/c1-14-3-5-16(6-4-14)12-21-20(26)17-11-18-19(24-7-9-27-10-8-24)22-15(2)13-25(18)23-17/h3-6,11,13H,7-10,12H2,1-2H3,(H,21,26). The summed E-state index contributed by atoms with van der Waals surface area (Å²) in [4.78, 5) is 19.6. The summed E-state index contributed by atoms with van der Waals surface area (Å²) >= 11 is 1.96. The van der Waals surface area contributed by atoms with Crippen molar-refractivity contribution in [2.24, 2.45) is 0 Å². The van der Waals surface area contributed by atoms with Gasteiger partial charge in [-0.2, -0.15) is 16.9 Å². The number of anilines is 1. The molecule has 0 radical (unpaired) electrons. The molecule has 1 saturated heterocycles. The fourth-order valence-electron chi connectivity index (χ4n) is 3.19. The van der Waals surface area contributed by atoms with Gasteiger partial charge >= 0.3 is 0 Å². The third kappa shape index (κ3) is 3.93. The quantitative estimate of drug-likeness (QED) is 0.753. The highest BCUT2D eigenvalue weighted by molar-refractivity contribution is 7.99. The molecule has 2 aromatic heterocycles. The van der Waals surface area contributed by atoms with E-state index in [1.807, 2.05) is 62.1 Å². The summed E-state index contributed by atoms with van der Waals surface area (Å²) in [6.07, 6.45) is 1.87. The lowest BCUT2D eigenvalue weighted by atomic mass is 10.1. The summed E-state index contributed by atoms with van der Waals surface area (Å²) in [5, 5.41) is 7.45. The largest absolute Gasteiger partial charge is 0.353 e. The molecule has 27 heavy (non-hydrogen) atoms. The van der Waals surface area contributed by atoms with Crippen LogP contribution in [0.2, 0.25) is 0 Å². The molecule has 0 aliphatic carbocycles. The van der Waals surface area contributed by atoms with E-state index >= 15 is 0 Å². The van der Waals surface area contributed by atoms with E-state index in [4.69, 9.17) is 4.98 Å². The van der Waals surface area contributed by atoms with Crippen molar-refractivity contribution >= 4 is 29.0 Å². The molecule has 3 heterocycles. The SMILES string of the molecule is Cc1ccc(CNC(=O)c2cc3c(N4CCSCC4)nc(C)cn3n2)cc1. The molecule has 4 rings (SSSR count). The zero-order valence-corrected chi connectivity index (χ0v) is 16.4. The molecule has 0 atom stereocenters. The van der Waals surface area contributed by atoms with Crippen molar-refractivity contribution in [1.29, 1.82) is 0 Å². The highest BCUT2D eigenvalue weighted by atomic mass is 32.2. The number of aromatic nitrogens is 3. The summed E-state index contributed by atoms with van der Waals surface area (Å²) in [6, 6.07) is 9.99. The van der Waals surface area contributed by atoms with Crippen LogP contribution in [0.15, 0.2) is 36.5 Å². The minimum absolute atomic E-state index is 0.169. The van der Waals surface area contributed by atoms with Crippen LogP contribution >= 0.6 is 11.8 Å². The molecule has 3 aromatic rings. The van der Waals surface area contributed by atoms with Gasteiger partial charge in [-0.05, 0) is 19.4 Å². The van der Waals surface area contributed by atoms with Gasteiger partial charge in [0.25, 0.3) is 5.91 Å². The van der Waals surface area contributed by atoms with Crippen LogP contribution in [-0.4, -0.2) is 45.1 Å². The molecule has 1 fully saturated rings. The van der Waals surface area contributed by atoms with Crippen LogP contribution in [0.3, 0.4) is 0 Å². The smallest absolute Gasteiger partial charge is 0.272 e. The Bertz CT molecular complexity index is 960. The fraction of sp³-hybridized carbons (Fsp3) is 0.350. The molecule has 0 unspecified atom stereocenters. The van der Waals surface area contributed by atoms with Crippen LogP contribution in [0.5, 0.6) is 0 Å². The zero-order chi connectivity index (χ0) is 18.8. The first-order valence-electron chi connectivity index (χ1n) is 9.13. The molecular formula is C20H23N5OS. The topological polar surface area (TPSA) is 62.5 Å². The average molecular weight is 382 g/mol. The maximum atomic E-state index is 12.6. The van der Waals surface area contributed by atoms with Crippen LogP contribution in [-0.2, 0) is 6.54 Å². The molecule has 1 aliphatic rings. The number of aryl methyl sites for hydroxylation is 2. The van der Waals surface area contributed by atoms with E-state index in [-0.39, 0.29) is 5.91 Å². The first kappa shape index (κ1) is 17.9. The lowest BCUT2D eigenvalue weighted by Crippen LogP contribution is -2.33. The van der Waals surface area contributed by atoms with Gasteiger partial charge in [0, 0.05) is 37.2 Å². The highest BCUT2D eigenvalue weighted by Gasteiger charge is 2.19. The second-order valence-electron chi connectivity index (χ2n) is 6.83. The van der Waals surface area contributed by atoms with Crippen molar-refractivity contribution < 1.29 is 4.79 Å². The van der Waals surface area contributed by atoms with E-state index in [1.54, 1.807) is 4.52 Å². The molecule has 1 aliphatic heterocycles. The van der Waals surface area contributed by atoms with E-state index in [0.717, 1.165) is 47.2 Å². The predicted octanol–water partition coefficient (Wildman–Crippen LogP) is 2.83. The van der Waals surface area contributed by atoms with Gasteiger partial charge in [-0.15, -0.1) is 0 Å². The predicted molar refractivity (Wildman–Crippen MR) is 110 cm³/mol. The lowest BCUT2D eigenvalue weighted by molar-refractivity contribution is 0.0945. The van der Waals surface area contributed by atoms with Gasteiger partial charge in [0.2, 0.25) is 0 Å². The third-order valence-corrected chi connectivity index (χ3v) is 5.62. The number of hydrogen-bond donors (Lipinski definition) is 1. The van der Waals surface area contributed by atoms with Crippen molar-refractivity contribution in [3.05, 3.63) is 59.0 Å². The third-order valence-electron chi connectivity index (χ3n) is 4.67. The molecule has 1 amide bonds. The summed E-state index contributed by atoms with van der Waals surface area (Å²) in [5.74, 6) is 2.94. The first-order chi connectivity index (χ1) is 13.1. The fourth-order valence-corrected chi connectivity index (χ4v) is 4.09. The summed E-state index contributed by atoms with van der Waals surface area (Å²) in [7, 11) is 0. The summed E-state index contributed by atoms with van der Waals surface area (Å²) in [6.45, 7) is 6.43. The molecule has 140 valence electrons. The number of carbonyl (C=O) groups excluding carboxylic acids is 1. The Hall–Kier alpha value is -2.54. The summed E-state index contributed by atoms with van der Waals surface area (Å²) in [5.41, 5.74) is 4.47. The number of rotatable bonds is 4. The number of nitrogens with zero attached hydrogens (tertiary/aromatic N) is 4. The monoisotopic (exact) mass is 381 g/mol. The van der Waals surface area contributed by atoms with Crippen molar-refractivity contribution in [3.8, 4) is 0 Å². The van der Waals surface area contributed by atoms with Gasteiger partial charge < -0.3 is 10.2 Å². The Kier molecular flexibility index (Phi) is 5.03. The van der Waals surface area contributed by atoms with Gasteiger partial charge in [-0.3, -0.25) is 4.79 Å². The number of hydrogen-bond acceptors (Lipinski definition) is 5. The van der Waals surface area contributed by atoms with E-state index in [0.29, 0.717) is 12.2 Å². The second-order valence-corrected chi connectivity index (χ2v) is 8.06. The number of nitrogens with one attached hydrogen (secondary N) is 1. The molecule has 0 bridgehead atoms. The second kappa shape index (κ2) is 7.60. The van der Waals surface area contributed by atoms with Crippen LogP contribution in [0.1, 0.15) is 27.3 Å². The van der Waals surface area contributed by atoms with Crippen LogP contribution in [0.25, 0.3) is 5.52 Å². The molecule has 7 heteroatoms. The van der Waals surface area contributed by atoms with Crippen LogP contribution in [0.4, 0.5) is 5.82 Å². The first-order valence-corrected chi connectivity index (χ1v) is 10.3. The minimum Gasteiger partial charge on any atom is -0.353 e. The van der Waals surface area contributed by atoms with E-state index in [9.17, 15) is 4.79 Å². The number of carbonyl (C=O) groups is 1. The molecule has 0 spiro atoms. The van der Waals surface area contributed by atoms with Gasteiger partial charge in [0.1, 0.15) is 5.52 Å². The Morgan fingerprint density at radius 2 is 1.93 bits per heavy atom. The lowest BCUT2D eigenvalue weighted by Gasteiger charge is -2.28. The van der Waals surface area contributed by atoms with Gasteiger partial charge in [-0.1, -0.05) is 29.8 Å². The number of thioether (sulfide) groups is 1. The molecular weight excluding hydrogens is 358 g/mol. The van der Waals surface area contributed by atoms with Crippen molar-refractivity contribution in [1.82, 2.24) is 19.9 Å². The summed E-state index contributed by atoms with van der Waals surface area (Å²) < 4.78 is 1.78. The molecule has 1 aromatic carbocycles. The van der Waals surface area contributed by atoms with Crippen molar-refractivity contribution in [2.45, 2.75) is 20.4 Å². The van der Waals surface area contributed by atoms with Gasteiger partial charge in [0.05, 0.1) is 11.9 Å². The molecule has 1 N–H and O–H groups in total. The van der Waals surface area contributed by atoms with Crippen LogP contribution in [0, 0.1) is 13.8 Å². The van der Waals surface area contributed by atoms with E-state index < -0.39 is 0 Å².